The average molecular weight is 202 g/mol. The van der Waals surface area contributed by atoms with Crippen LogP contribution in [0.2, 0.25) is 0 Å². The molecule has 0 radical (unpaired) electrons. The summed E-state index contributed by atoms with van der Waals surface area (Å²) in [6.45, 7) is 2.69. The lowest BCUT2D eigenvalue weighted by Gasteiger charge is -2.35. The molecule has 0 bridgehead atoms. The summed E-state index contributed by atoms with van der Waals surface area (Å²) in [5.74, 6) is 1.88. The van der Waals surface area contributed by atoms with Gasteiger partial charge in [-0.3, -0.25) is 0 Å². The van der Waals surface area contributed by atoms with E-state index in [-0.39, 0.29) is 0 Å². The van der Waals surface area contributed by atoms with E-state index in [1.165, 1.54) is 51.6 Å². The van der Waals surface area contributed by atoms with Crippen LogP contribution in [0, 0.1) is 5.92 Å². The van der Waals surface area contributed by atoms with Crippen molar-refractivity contribution in [3.8, 4) is 0 Å². The van der Waals surface area contributed by atoms with Gasteiger partial charge in [-0.2, -0.15) is 0 Å². The molecule has 2 aliphatic rings. The highest BCUT2D eigenvalue weighted by Crippen LogP contribution is 2.32. The molecule has 0 amide bonds. The van der Waals surface area contributed by atoms with Crippen LogP contribution in [-0.4, -0.2) is 29.9 Å². The van der Waals surface area contributed by atoms with Crippen molar-refractivity contribution in [1.29, 1.82) is 0 Å². The maximum atomic E-state index is 5.83. The van der Waals surface area contributed by atoms with Gasteiger partial charge in [-0.1, -0.05) is 6.42 Å². The lowest BCUT2D eigenvalue weighted by molar-refractivity contribution is 0.138. The molecule has 1 aliphatic carbocycles. The van der Waals surface area contributed by atoms with Crippen LogP contribution in [0.4, 0.5) is 0 Å². The highest BCUT2D eigenvalue weighted by molar-refractivity contribution is 6.17. The lowest BCUT2D eigenvalue weighted by Crippen LogP contribution is -2.40. The third kappa shape index (κ3) is 2.85. The summed E-state index contributed by atoms with van der Waals surface area (Å²) >= 11 is 5.83. The zero-order chi connectivity index (χ0) is 9.10. The van der Waals surface area contributed by atoms with E-state index in [4.69, 9.17) is 11.6 Å². The molecule has 0 spiro atoms. The molecule has 1 saturated heterocycles. The van der Waals surface area contributed by atoms with E-state index in [1.54, 1.807) is 0 Å². The summed E-state index contributed by atoms with van der Waals surface area (Å²) in [4.78, 5) is 2.70. The van der Waals surface area contributed by atoms with Crippen LogP contribution in [0.15, 0.2) is 0 Å². The van der Waals surface area contributed by atoms with Gasteiger partial charge in [-0.15, -0.1) is 11.6 Å². The second-order valence-corrected chi connectivity index (χ2v) is 4.94. The Morgan fingerprint density at radius 1 is 1.15 bits per heavy atom. The number of piperidine rings is 1. The number of rotatable bonds is 4. The highest BCUT2D eigenvalue weighted by atomic mass is 35.5. The van der Waals surface area contributed by atoms with Crippen LogP contribution < -0.4 is 0 Å². The lowest BCUT2D eigenvalue weighted by atomic mass is 10.00. The number of likely N-dealkylation sites (tertiary alicyclic amines) is 1. The molecular weight excluding hydrogens is 182 g/mol. The molecule has 1 aliphatic heterocycles. The Kier molecular flexibility index (Phi) is 3.51. The summed E-state index contributed by atoms with van der Waals surface area (Å²) in [7, 11) is 0. The van der Waals surface area contributed by atoms with Crippen LogP contribution >= 0.6 is 11.6 Å². The van der Waals surface area contributed by atoms with E-state index >= 15 is 0 Å². The van der Waals surface area contributed by atoms with Gasteiger partial charge in [0, 0.05) is 18.5 Å². The number of nitrogens with zero attached hydrogens (tertiary/aromatic N) is 1. The molecule has 2 heteroatoms. The predicted molar refractivity (Wildman–Crippen MR) is 57.3 cm³/mol. The Balaban J connectivity index is 1.79. The largest absolute Gasteiger partial charge is 0.300 e. The minimum Gasteiger partial charge on any atom is -0.300 e. The van der Waals surface area contributed by atoms with Crippen molar-refractivity contribution in [2.45, 2.75) is 44.6 Å². The molecule has 0 aromatic carbocycles. The van der Waals surface area contributed by atoms with E-state index in [1.807, 2.05) is 0 Å². The van der Waals surface area contributed by atoms with Crippen molar-refractivity contribution in [2.75, 3.05) is 19.0 Å². The second kappa shape index (κ2) is 4.65. The molecule has 13 heavy (non-hydrogen) atoms. The minimum atomic E-state index is 0.812. The summed E-state index contributed by atoms with van der Waals surface area (Å²) in [6.07, 6.45) is 8.37. The molecule has 2 fully saturated rings. The van der Waals surface area contributed by atoms with Crippen molar-refractivity contribution >= 4 is 11.6 Å². The molecule has 1 saturated carbocycles. The minimum absolute atomic E-state index is 0.812. The Morgan fingerprint density at radius 2 is 2.00 bits per heavy atom. The van der Waals surface area contributed by atoms with Crippen LogP contribution in [0.5, 0.6) is 0 Å². The Labute approximate surface area is 86.4 Å². The second-order valence-electron chi connectivity index (χ2n) is 4.57. The van der Waals surface area contributed by atoms with Crippen LogP contribution in [0.25, 0.3) is 0 Å². The number of hydrogen-bond donors (Lipinski definition) is 0. The van der Waals surface area contributed by atoms with Crippen molar-refractivity contribution in [1.82, 2.24) is 4.90 Å². The first kappa shape index (κ1) is 9.79. The topological polar surface area (TPSA) is 3.24 Å². The molecule has 76 valence electrons. The van der Waals surface area contributed by atoms with Gasteiger partial charge in [-0.25, -0.2) is 0 Å². The van der Waals surface area contributed by atoms with Crippen LogP contribution in [-0.2, 0) is 0 Å². The first-order chi connectivity index (χ1) is 6.40. The van der Waals surface area contributed by atoms with Gasteiger partial charge in [-0.05, 0) is 44.6 Å². The molecule has 1 unspecified atom stereocenters. The van der Waals surface area contributed by atoms with Gasteiger partial charge >= 0.3 is 0 Å². The molecule has 1 nitrogen and oxygen atoms in total. The van der Waals surface area contributed by atoms with Crippen LogP contribution in [0.3, 0.4) is 0 Å². The fourth-order valence-corrected chi connectivity index (χ4v) is 2.64. The van der Waals surface area contributed by atoms with E-state index in [9.17, 15) is 0 Å². The van der Waals surface area contributed by atoms with E-state index in [0.717, 1.165) is 17.8 Å². The van der Waals surface area contributed by atoms with Gasteiger partial charge in [0.05, 0.1) is 0 Å². The Hall–Kier alpha value is 0.250. The van der Waals surface area contributed by atoms with Crippen molar-refractivity contribution < 1.29 is 0 Å². The first-order valence-corrected chi connectivity index (χ1v) is 6.23. The standard InChI is InChI=1S/C11H20ClN/c12-7-6-11-3-1-2-8-13(11)9-10-4-5-10/h10-11H,1-9H2. The number of hydrogen-bond acceptors (Lipinski definition) is 1. The van der Waals surface area contributed by atoms with E-state index in [0.29, 0.717) is 0 Å². The quantitative estimate of drug-likeness (QED) is 0.633. The maximum absolute atomic E-state index is 5.83. The number of alkyl halides is 1. The van der Waals surface area contributed by atoms with Gasteiger partial charge < -0.3 is 4.90 Å². The molecule has 2 rings (SSSR count). The SMILES string of the molecule is ClCCC1CCCCN1CC1CC1. The van der Waals surface area contributed by atoms with Gasteiger partial charge in [0.2, 0.25) is 0 Å². The summed E-state index contributed by atoms with van der Waals surface area (Å²) in [5, 5.41) is 0. The molecule has 1 heterocycles. The zero-order valence-corrected chi connectivity index (χ0v) is 9.10. The molecular formula is C11H20ClN. The summed E-state index contributed by atoms with van der Waals surface area (Å²) in [5.41, 5.74) is 0. The molecule has 0 aromatic heterocycles. The Bertz CT molecular complexity index is 154. The molecule has 1 atom stereocenters. The van der Waals surface area contributed by atoms with Crippen molar-refractivity contribution in [3.05, 3.63) is 0 Å². The monoisotopic (exact) mass is 201 g/mol. The molecule has 0 N–H and O–H groups in total. The van der Waals surface area contributed by atoms with Crippen molar-refractivity contribution in [3.63, 3.8) is 0 Å². The molecule has 0 aromatic rings. The third-order valence-corrected chi connectivity index (χ3v) is 3.60. The smallest absolute Gasteiger partial charge is 0.0238 e. The van der Waals surface area contributed by atoms with Gasteiger partial charge in [0.1, 0.15) is 0 Å². The predicted octanol–water partition coefficient (Wildman–Crippen LogP) is 2.88. The first-order valence-electron chi connectivity index (χ1n) is 5.70. The van der Waals surface area contributed by atoms with Crippen LogP contribution in [0.1, 0.15) is 38.5 Å². The number of halogens is 1. The van der Waals surface area contributed by atoms with Gasteiger partial charge in [0.15, 0.2) is 0 Å². The van der Waals surface area contributed by atoms with E-state index in [2.05, 4.69) is 4.90 Å². The highest BCUT2D eigenvalue weighted by Gasteiger charge is 2.29. The fourth-order valence-electron chi connectivity index (χ4n) is 2.39. The maximum Gasteiger partial charge on any atom is 0.0238 e. The van der Waals surface area contributed by atoms with Gasteiger partial charge in [0.25, 0.3) is 0 Å². The Morgan fingerprint density at radius 3 is 2.69 bits per heavy atom. The third-order valence-electron chi connectivity index (χ3n) is 3.38. The summed E-state index contributed by atoms with van der Waals surface area (Å²) < 4.78 is 0. The fraction of sp³-hybridized carbons (Fsp3) is 1.00. The average Bonchev–Trinajstić information content (AvgIpc) is 2.93. The van der Waals surface area contributed by atoms with E-state index < -0.39 is 0 Å². The normalized spacial score (nSPS) is 30.7. The zero-order valence-electron chi connectivity index (χ0n) is 8.34. The summed E-state index contributed by atoms with van der Waals surface area (Å²) in [6, 6.07) is 0.812. The van der Waals surface area contributed by atoms with Crippen molar-refractivity contribution in [2.24, 2.45) is 5.92 Å².